The highest BCUT2D eigenvalue weighted by atomic mass is 19.1. The van der Waals surface area contributed by atoms with Crippen molar-refractivity contribution in [2.45, 2.75) is 32.8 Å². The van der Waals surface area contributed by atoms with E-state index in [2.05, 4.69) is 5.32 Å². The molecular formula is C21H30F2N4O5. The zero-order chi connectivity index (χ0) is 23.7. The third-order valence-electron chi connectivity index (χ3n) is 4.94. The van der Waals surface area contributed by atoms with E-state index < -0.39 is 24.7 Å². The van der Waals surface area contributed by atoms with Crippen molar-refractivity contribution in [2.75, 3.05) is 56.3 Å². The van der Waals surface area contributed by atoms with Crippen molar-refractivity contribution in [2.24, 2.45) is 0 Å². The number of anilines is 2. The molecule has 1 aliphatic rings. The zero-order valence-electron chi connectivity index (χ0n) is 18.6. The summed E-state index contributed by atoms with van der Waals surface area (Å²) >= 11 is 0. The number of nitrogens with one attached hydrogen (secondary N) is 1. The second-order valence-electron chi connectivity index (χ2n) is 7.29. The van der Waals surface area contributed by atoms with Crippen LogP contribution in [0.2, 0.25) is 0 Å². The number of likely N-dealkylation sites (N-methyl/N-ethyl adjacent to an activating group) is 1. The smallest absolute Gasteiger partial charge is 0.414 e. The average molecular weight is 456 g/mol. The van der Waals surface area contributed by atoms with E-state index in [0.717, 1.165) is 5.06 Å². The molecule has 9 nitrogen and oxygen atoms in total. The van der Waals surface area contributed by atoms with Gasteiger partial charge in [0.2, 0.25) is 11.8 Å². The van der Waals surface area contributed by atoms with Gasteiger partial charge < -0.3 is 15.0 Å². The summed E-state index contributed by atoms with van der Waals surface area (Å²) in [6.07, 6.45) is -0.911. The summed E-state index contributed by atoms with van der Waals surface area (Å²) in [4.78, 5) is 43.3. The molecule has 1 aromatic rings. The molecule has 1 fully saturated rings. The van der Waals surface area contributed by atoms with Gasteiger partial charge in [0.05, 0.1) is 37.7 Å². The van der Waals surface area contributed by atoms with Gasteiger partial charge in [-0.15, -0.1) is 0 Å². The topological polar surface area (TPSA) is 91.4 Å². The van der Waals surface area contributed by atoms with Gasteiger partial charge in [-0.05, 0) is 31.5 Å². The summed E-state index contributed by atoms with van der Waals surface area (Å²) in [7, 11) is 1.46. The molecule has 0 radical (unpaired) electrons. The molecule has 2 rings (SSSR count). The first-order valence-corrected chi connectivity index (χ1v) is 10.5. The number of hydrogen-bond acceptors (Lipinski definition) is 6. The number of amides is 3. The first-order chi connectivity index (χ1) is 15.3. The molecule has 3 amide bonds. The predicted molar refractivity (Wildman–Crippen MR) is 115 cm³/mol. The summed E-state index contributed by atoms with van der Waals surface area (Å²) in [6.45, 7) is 3.99. The van der Waals surface area contributed by atoms with Crippen molar-refractivity contribution in [3.8, 4) is 0 Å². The van der Waals surface area contributed by atoms with Crippen LogP contribution in [0.25, 0.3) is 0 Å². The fourth-order valence-electron chi connectivity index (χ4n) is 3.20. The van der Waals surface area contributed by atoms with Gasteiger partial charge in [-0.25, -0.2) is 14.2 Å². The number of carbonyl (C=O) groups excluding carboxylic acids is 3. The number of cyclic esters (lactones) is 1. The van der Waals surface area contributed by atoms with Gasteiger partial charge in [-0.1, -0.05) is 0 Å². The maximum absolute atomic E-state index is 14.9. The van der Waals surface area contributed by atoms with Gasteiger partial charge in [-0.2, -0.15) is 0 Å². The van der Waals surface area contributed by atoms with Crippen molar-refractivity contribution in [3.05, 3.63) is 24.0 Å². The zero-order valence-corrected chi connectivity index (χ0v) is 18.6. The number of rotatable bonds is 12. The molecule has 0 saturated carbocycles. The highest BCUT2D eigenvalue weighted by Gasteiger charge is 2.32. The third-order valence-corrected chi connectivity index (χ3v) is 4.94. The number of halogens is 2. The minimum absolute atomic E-state index is 0.0607. The van der Waals surface area contributed by atoms with Crippen LogP contribution in [0.15, 0.2) is 18.2 Å². The van der Waals surface area contributed by atoms with Gasteiger partial charge in [0, 0.05) is 33.5 Å². The second-order valence-corrected chi connectivity index (χ2v) is 7.29. The largest absolute Gasteiger partial charge is 0.442 e. The Morgan fingerprint density at radius 1 is 1.38 bits per heavy atom. The molecule has 1 atom stereocenters. The maximum Gasteiger partial charge on any atom is 0.414 e. The van der Waals surface area contributed by atoms with Crippen LogP contribution in [0.1, 0.15) is 26.7 Å². The van der Waals surface area contributed by atoms with Crippen molar-refractivity contribution >= 4 is 29.3 Å². The maximum atomic E-state index is 14.9. The molecule has 1 aromatic carbocycles. The van der Waals surface area contributed by atoms with E-state index in [9.17, 15) is 23.2 Å². The van der Waals surface area contributed by atoms with Crippen LogP contribution >= 0.6 is 0 Å². The first-order valence-electron chi connectivity index (χ1n) is 10.5. The molecule has 0 aliphatic carbocycles. The van der Waals surface area contributed by atoms with E-state index in [1.54, 1.807) is 17.0 Å². The number of alkyl halides is 1. The van der Waals surface area contributed by atoms with Crippen LogP contribution in [0.4, 0.5) is 25.0 Å². The van der Waals surface area contributed by atoms with E-state index >= 15 is 0 Å². The molecule has 32 heavy (non-hydrogen) atoms. The van der Waals surface area contributed by atoms with Crippen LogP contribution in [-0.4, -0.2) is 75.6 Å². The SMILES string of the molecule is CCN(CCON(C)C(=O)CCCF)c1ccc(N2C[C@H](CNC(C)=O)OC2=O)cc1F. The van der Waals surface area contributed by atoms with Gasteiger partial charge in [0.25, 0.3) is 0 Å². The standard InChI is InChI=1S/C21H30F2N4O5/c1-4-26(10-11-31-25(3)20(29)6-5-9-22)19-8-7-16(12-18(19)23)27-14-17(32-21(27)30)13-24-15(2)28/h7-8,12,17H,4-6,9-11,13-14H2,1-3H3,(H,24,28)/t17-/m0/s1. The van der Waals surface area contributed by atoms with Crippen molar-refractivity contribution in [1.82, 2.24) is 10.4 Å². The van der Waals surface area contributed by atoms with Crippen LogP contribution in [0, 0.1) is 5.82 Å². The Hall–Kier alpha value is -2.95. The lowest BCUT2D eigenvalue weighted by Gasteiger charge is -2.25. The molecule has 1 heterocycles. The molecular weight excluding hydrogens is 426 g/mol. The number of nitrogens with zero attached hydrogens (tertiary/aromatic N) is 3. The van der Waals surface area contributed by atoms with Crippen LogP contribution in [-0.2, 0) is 19.2 Å². The summed E-state index contributed by atoms with van der Waals surface area (Å²) in [5.41, 5.74) is 0.681. The van der Waals surface area contributed by atoms with Gasteiger partial charge >= 0.3 is 6.09 Å². The molecule has 0 unspecified atom stereocenters. The molecule has 1 saturated heterocycles. The highest BCUT2D eigenvalue weighted by molar-refractivity contribution is 5.90. The third kappa shape index (κ3) is 7.04. The van der Waals surface area contributed by atoms with Crippen LogP contribution in [0.3, 0.4) is 0 Å². The molecule has 11 heteroatoms. The molecule has 1 aliphatic heterocycles. The van der Waals surface area contributed by atoms with E-state index in [-0.39, 0.29) is 44.4 Å². The van der Waals surface area contributed by atoms with E-state index in [1.807, 2.05) is 6.92 Å². The predicted octanol–water partition coefficient (Wildman–Crippen LogP) is 2.25. The Balaban J connectivity index is 1.95. The van der Waals surface area contributed by atoms with Crippen molar-refractivity contribution in [3.63, 3.8) is 0 Å². The Bertz CT molecular complexity index is 810. The molecule has 0 bridgehead atoms. The van der Waals surface area contributed by atoms with E-state index in [1.165, 1.54) is 24.9 Å². The van der Waals surface area contributed by atoms with Crippen LogP contribution < -0.4 is 15.1 Å². The average Bonchev–Trinajstić information content (AvgIpc) is 3.14. The minimum Gasteiger partial charge on any atom is -0.442 e. The highest BCUT2D eigenvalue weighted by Crippen LogP contribution is 2.28. The van der Waals surface area contributed by atoms with Crippen LogP contribution in [0.5, 0.6) is 0 Å². The number of hydroxylamine groups is 2. The lowest BCUT2D eigenvalue weighted by Crippen LogP contribution is -2.34. The monoisotopic (exact) mass is 456 g/mol. The number of benzene rings is 1. The normalized spacial score (nSPS) is 15.5. The number of ether oxygens (including phenoxy) is 1. The van der Waals surface area contributed by atoms with Gasteiger partial charge in [-0.3, -0.25) is 23.7 Å². The van der Waals surface area contributed by atoms with Gasteiger partial charge in [0.15, 0.2) is 0 Å². The second kappa shape index (κ2) is 12.2. The lowest BCUT2D eigenvalue weighted by atomic mass is 10.2. The van der Waals surface area contributed by atoms with Crippen molar-refractivity contribution < 1.29 is 32.7 Å². The Kier molecular flexibility index (Phi) is 9.63. The summed E-state index contributed by atoms with van der Waals surface area (Å²) in [5.74, 6) is -1.07. The molecule has 0 aromatic heterocycles. The summed E-state index contributed by atoms with van der Waals surface area (Å²) in [5, 5.41) is 3.66. The fraction of sp³-hybridized carbons (Fsp3) is 0.571. The lowest BCUT2D eigenvalue weighted by molar-refractivity contribution is -0.177. The van der Waals surface area contributed by atoms with E-state index in [0.29, 0.717) is 24.5 Å². The van der Waals surface area contributed by atoms with Gasteiger partial charge in [0.1, 0.15) is 11.9 Å². The first kappa shape index (κ1) is 25.3. The van der Waals surface area contributed by atoms with E-state index in [4.69, 9.17) is 9.57 Å². The Morgan fingerprint density at radius 3 is 2.75 bits per heavy atom. The Morgan fingerprint density at radius 2 is 2.12 bits per heavy atom. The number of hydrogen-bond donors (Lipinski definition) is 1. The Labute approximate surface area is 186 Å². The minimum atomic E-state index is -0.603. The summed E-state index contributed by atoms with van der Waals surface area (Å²) < 4.78 is 32.2. The van der Waals surface area contributed by atoms with Crippen molar-refractivity contribution in [1.29, 1.82) is 0 Å². The molecule has 0 spiro atoms. The molecule has 178 valence electrons. The quantitative estimate of drug-likeness (QED) is 0.485. The number of carbonyl (C=O) groups is 3. The summed E-state index contributed by atoms with van der Waals surface area (Å²) in [6, 6.07) is 4.45. The molecule has 1 N–H and O–H groups in total. The fourth-order valence-corrected chi connectivity index (χ4v) is 3.20.